The Hall–Kier alpha value is -2.19. The van der Waals surface area contributed by atoms with Crippen molar-refractivity contribution in [3.63, 3.8) is 0 Å². The molecule has 3 heterocycles. The molecule has 0 radical (unpaired) electrons. The number of nitrogens with zero attached hydrogens (tertiary/aromatic N) is 3. The second kappa shape index (κ2) is 5.78. The molecule has 1 atom stereocenters. The van der Waals surface area contributed by atoms with Gasteiger partial charge < -0.3 is 14.8 Å². The summed E-state index contributed by atoms with van der Waals surface area (Å²) in [4.78, 5) is 16.9. The van der Waals surface area contributed by atoms with Crippen LogP contribution in [0.4, 0.5) is 5.13 Å². The Morgan fingerprint density at radius 1 is 1.48 bits per heavy atom. The van der Waals surface area contributed by atoms with Gasteiger partial charge in [-0.2, -0.15) is 4.52 Å². The van der Waals surface area contributed by atoms with Crippen LogP contribution < -0.4 is 10.9 Å². The van der Waals surface area contributed by atoms with E-state index < -0.39 is 5.60 Å². The number of nitrogens with one attached hydrogen (secondary N) is 1. The van der Waals surface area contributed by atoms with E-state index in [4.69, 9.17) is 4.42 Å². The number of fused-ring (bicyclic) bond motifs is 1. The lowest BCUT2D eigenvalue weighted by molar-refractivity contribution is 0.0468. The van der Waals surface area contributed by atoms with Crippen LogP contribution in [0.1, 0.15) is 31.1 Å². The molecular formula is C15H18N4O3S. The maximum Gasteiger partial charge on any atom is 0.275 e. The lowest BCUT2D eigenvalue weighted by Crippen LogP contribution is -2.30. The van der Waals surface area contributed by atoms with E-state index in [1.165, 1.54) is 21.9 Å². The maximum absolute atomic E-state index is 12.0. The van der Waals surface area contributed by atoms with Crippen molar-refractivity contribution >= 4 is 21.4 Å². The third-order valence-corrected chi connectivity index (χ3v) is 4.38. The lowest BCUT2D eigenvalue weighted by atomic mass is 10.0. The average molecular weight is 334 g/mol. The van der Waals surface area contributed by atoms with Gasteiger partial charge in [-0.3, -0.25) is 4.79 Å². The highest BCUT2D eigenvalue weighted by atomic mass is 32.1. The van der Waals surface area contributed by atoms with E-state index in [-0.39, 0.29) is 12.1 Å². The zero-order chi connectivity index (χ0) is 16.6. The molecule has 0 fully saturated rings. The number of rotatable bonds is 5. The third-order valence-electron chi connectivity index (χ3n) is 3.52. The molecule has 1 unspecified atom stereocenters. The molecule has 0 spiro atoms. The van der Waals surface area contributed by atoms with E-state index in [0.717, 1.165) is 11.5 Å². The van der Waals surface area contributed by atoms with Crippen LogP contribution in [0.5, 0.6) is 0 Å². The van der Waals surface area contributed by atoms with E-state index >= 15 is 0 Å². The van der Waals surface area contributed by atoms with Crippen molar-refractivity contribution in [2.75, 3.05) is 11.9 Å². The fourth-order valence-electron chi connectivity index (χ4n) is 2.17. The van der Waals surface area contributed by atoms with Gasteiger partial charge in [0, 0.05) is 11.8 Å². The lowest BCUT2D eigenvalue weighted by Gasteiger charge is -2.20. The van der Waals surface area contributed by atoms with E-state index in [9.17, 15) is 9.90 Å². The number of furan rings is 1. The molecule has 122 valence electrons. The quantitative estimate of drug-likeness (QED) is 0.741. The number of aromatic nitrogens is 3. The summed E-state index contributed by atoms with van der Waals surface area (Å²) in [5.74, 6) is 1.22. The minimum absolute atomic E-state index is 0.204. The van der Waals surface area contributed by atoms with Gasteiger partial charge in [-0.05, 0) is 32.4 Å². The van der Waals surface area contributed by atoms with Crippen LogP contribution in [-0.4, -0.2) is 26.2 Å². The summed E-state index contributed by atoms with van der Waals surface area (Å²) in [6.45, 7) is 5.63. The van der Waals surface area contributed by atoms with Gasteiger partial charge in [0.1, 0.15) is 17.1 Å². The number of hydrogen-bond donors (Lipinski definition) is 2. The molecule has 3 aromatic heterocycles. The monoisotopic (exact) mass is 334 g/mol. The Labute approximate surface area is 136 Å². The second-order valence-corrected chi connectivity index (χ2v) is 6.53. The molecule has 3 aromatic rings. The van der Waals surface area contributed by atoms with Crippen LogP contribution in [0.3, 0.4) is 0 Å². The molecule has 0 saturated carbocycles. The standard InChI is InChI=1S/C15H18N4O3S/c1-4-10-7-12(20)19-14(17-10)23-13(18-19)16-8-15(3,21)11-6-5-9(2)22-11/h5-7,21H,4,8H2,1-3H3,(H,16,18). The molecule has 0 aliphatic rings. The molecule has 0 saturated heterocycles. The summed E-state index contributed by atoms with van der Waals surface area (Å²) < 4.78 is 6.73. The number of hydrogen-bond acceptors (Lipinski definition) is 7. The van der Waals surface area contributed by atoms with Gasteiger partial charge in [-0.1, -0.05) is 18.3 Å². The van der Waals surface area contributed by atoms with Gasteiger partial charge in [-0.25, -0.2) is 4.98 Å². The van der Waals surface area contributed by atoms with E-state index in [1.54, 1.807) is 19.1 Å². The average Bonchev–Trinajstić information content (AvgIpc) is 3.11. The van der Waals surface area contributed by atoms with Gasteiger partial charge in [0.15, 0.2) is 0 Å². The predicted molar refractivity (Wildman–Crippen MR) is 88.0 cm³/mol. The Morgan fingerprint density at radius 3 is 2.91 bits per heavy atom. The topological polar surface area (TPSA) is 92.7 Å². The van der Waals surface area contributed by atoms with Crippen molar-refractivity contribution in [1.29, 1.82) is 0 Å². The SMILES string of the molecule is CCc1cc(=O)n2nc(NCC(C)(O)c3ccc(C)o3)sc2n1. The number of aryl methyl sites for hydroxylation is 2. The summed E-state index contributed by atoms with van der Waals surface area (Å²) in [6.07, 6.45) is 0.693. The first-order valence-corrected chi connectivity index (χ1v) is 8.13. The molecule has 0 amide bonds. The molecule has 8 heteroatoms. The summed E-state index contributed by atoms with van der Waals surface area (Å²) in [7, 11) is 0. The Kier molecular flexibility index (Phi) is 3.95. The number of aliphatic hydroxyl groups is 1. The van der Waals surface area contributed by atoms with Crippen LogP contribution in [-0.2, 0) is 12.0 Å². The molecular weight excluding hydrogens is 316 g/mol. The van der Waals surface area contributed by atoms with E-state index in [1.807, 2.05) is 13.8 Å². The summed E-state index contributed by atoms with van der Waals surface area (Å²) in [5, 5.41) is 18.3. The second-order valence-electron chi connectivity index (χ2n) is 5.58. The minimum atomic E-state index is -1.18. The van der Waals surface area contributed by atoms with Crippen molar-refractivity contribution in [2.24, 2.45) is 0 Å². The fourth-order valence-corrected chi connectivity index (χ4v) is 2.99. The van der Waals surface area contributed by atoms with Crippen molar-refractivity contribution in [2.45, 2.75) is 32.8 Å². The normalized spacial score (nSPS) is 14.1. The first-order valence-electron chi connectivity index (χ1n) is 7.32. The highest BCUT2D eigenvalue weighted by Gasteiger charge is 2.27. The minimum Gasteiger partial charge on any atom is -0.463 e. The Bertz CT molecular complexity index is 894. The van der Waals surface area contributed by atoms with E-state index in [0.29, 0.717) is 22.3 Å². The van der Waals surface area contributed by atoms with Gasteiger partial charge in [-0.15, -0.1) is 5.10 Å². The molecule has 0 aromatic carbocycles. The van der Waals surface area contributed by atoms with Crippen LogP contribution in [0.25, 0.3) is 4.96 Å². The first-order chi connectivity index (χ1) is 10.9. The summed E-state index contributed by atoms with van der Waals surface area (Å²) in [5.41, 5.74) is -0.646. The van der Waals surface area contributed by atoms with Crippen molar-refractivity contribution in [3.05, 3.63) is 45.8 Å². The van der Waals surface area contributed by atoms with Crippen molar-refractivity contribution in [3.8, 4) is 0 Å². The maximum atomic E-state index is 12.0. The van der Waals surface area contributed by atoms with Crippen LogP contribution >= 0.6 is 11.3 Å². The van der Waals surface area contributed by atoms with Gasteiger partial charge in [0.05, 0.1) is 6.54 Å². The van der Waals surface area contributed by atoms with Gasteiger partial charge in [0.25, 0.3) is 5.56 Å². The molecule has 23 heavy (non-hydrogen) atoms. The first kappa shape index (κ1) is 15.7. The fraction of sp³-hybridized carbons (Fsp3) is 0.400. The largest absolute Gasteiger partial charge is 0.463 e. The zero-order valence-corrected chi connectivity index (χ0v) is 14.0. The Morgan fingerprint density at radius 2 is 2.26 bits per heavy atom. The van der Waals surface area contributed by atoms with Crippen LogP contribution in [0, 0.1) is 6.92 Å². The van der Waals surface area contributed by atoms with Crippen LogP contribution in [0.15, 0.2) is 27.4 Å². The van der Waals surface area contributed by atoms with Crippen LogP contribution in [0.2, 0.25) is 0 Å². The highest BCUT2D eigenvalue weighted by Crippen LogP contribution is 2.24. The number of anilines is 1. The molecule has 0 aliphatic heterocycles. The van der Waals surface area contributed by atoms with Crippen molar-refractivity contribution < 1.29 is 9.52 Å². The predicted octanol–water partition coefficient (Wildman–Crippen LogP) is 1.93. The van der Waals surface area contributed by atoms with E-state index in [2.05, 4.69) is 15.4 Å². The smallest absolute Gasteiger partial charge is 0.275 e. The highest BCUT2D eigenvalue weighted by molar-refractivity contribution is 7.20. The summed E-state index contributed by atoms with van der Waals surface area (Å²) >= 11 is 1.27. The summed E-state index contributed by atoms with van der Waals surface area (Å²) in [6, 6.07) is 5.03. The van der Waals surface area contributed by atoms with Gasteiger partial charge >= 0.3 is 0 Å². The Balaban J connectivity index is 1.82. The van der Waals surface area contributed by atoms with Gasteiger partial charge in [0.2, 0.25) is 10.1 Å². The molecule has 3 rings (SSSR count). The van der Waals surface area contributed by atoms with Crippen molar-refractivity contribution in [1.82, 2.24) is 14.6 Å². The molecule has 2 N–H and O–H groups in total. The molecule has 0 bridgehead atoms. The third kappa shape index (κ3) is 3.13. The molecule has 7 nitrogen and oxygen atoms in total. The molecule has 0 aliphatic carbocycles. The zero-order valence-electron chi connectivity index (χ0n) is 13.2.